The molecular formula is C16H19N3O. The summed E-state index contributed by atoms with van der Waals surface area (Å²) in [7, 11) is 0. The van der Waals surface area contributed by atoms with Crippen molar-refractivity contribution in [1.82, 2.24) is 15.0 Å². The van der Waals surface area contributed by atoms with Gasteiger partial charge in [0.2, 0.25) is 0 Å². The van der Waals surface area contributed by atoms with Crippen LogP contribution in [0.5, 0.6) is 0 Å². The van der Waals surface area contributed by atoms with E-state index in [1.807, 2.05) is 41.1 Å². The van der Waals surface area contributed by atoms with Crippen LogP contribution in [0.3, 0.4) is 0 Å². The Morgan fingerprint density at radius 3 is 2.80 bits per heavy atom. The fourth-order valence-electron chi connectivity index (χ4n) is 3.62. The average Bonchev–Trinajstić information content (AvgIpc) is 3.02. The van der Waals surface area contributed by atoms with E-state index in [9.17, 15) is 4.79 Å². The minimum atomic E-state index is 0.0556. The standard InChI is InChI=1S/C16H19N3O/c20-16(11-7-15-3-1-2-6-19(15)10-11)18-14-8-12-4-5-13(9-14)17-12/h1-3,6-7,10,12-14,17H,4-5,8-9H2,(H,18,20)/t12-,13+,14?. The number of carbonyl (C=O) groups excluding carboxylic acids is 1. The molecule has 2 N–H and O–H groups in total. The van der Waals surface area contributed by atoms with Crippen molar-refractivity contribution in [3.05, 3.63) is 42.2 Å². The summed E-state index contributed by atoms with van der Waals surface area (Å²) in [6, 6.07) is 9.45. The van der Waals surface area contributed by atoms with Gasteiger partial charge in [0.15, 0.2) is 0 Å². The third-order valence-corrected chi connectivity index (χ3v) is 4.57. The molecule has 1 unspecified atom stereocenters. The van der Waals surface area contributed by atoms with Gasteiger partial charge in [-0.2, -0.15) is 0 Å². The first kappa shape index (κ1) is 12.0. The van der Waals surface area contributed by atoms with E-state index in [2.05, 4.69) is 10.6 Å². The Bertz CT molecular complexity index is 603. The quantitative estimate of drug-likeness (QED) is 0.875. The lowest BCUT2D eigenvalue weighted by Crippen LogP contribution is -2.47. The largest absolute Gasteiger partial charge is 0.349 e. The number of fused-ring (bicyclic) bond motifs is 3. The molecule has 0 radical (unpaired) electrons. The van der Waals surface area contributed by atoms with Crippen molar-refractivity contribution < 1.29 is 4.79 Å². The van der Waals surface area contributed by atoms with Crippen LogP contribution < -0.4 is 10.6 Å². The molecule has 2 fully saturated rings. The lowest BCUT2D eigenvalue weighted by atomic mass is 9.99. The van der Waals surface area contributed by atoms with Crippen LogP contribution in [0.25, 0.3) is 5.52 Å². The Morgan fingerprint density at radius 1 is 1.25 bits per heavy atom. The maximum Gasteiger partial charge on any atom is 0.253 e. The number of aromatic nitrogens is 1. The van der Waals surface area contributed by atoms with Gasteiger partial charge in [-0.3, -0.25) is 4.79 Å². The highest BCUT2D eigenvalue weighted by Gasteiger charge is 2.34. The number of piperidine rings is 1. The van der Waals surface area contributed by atoms with E-state index < -0.39 is 0 Å². The molecule has 2 bridgehead atoms. The van der Waals surface area contributed by atoms with E-state index in [0.717, 1.165) is 23.9 Å². The second-order valence-electron chi connectivity index (χ2n) is 6.04. The van der Waals surface area contributed by atoms with Gasteiger partial charge in [-0.25, -0.2) is 0 Å². The molecule has 104 valence electrons. The Morgan fingerprint density at radius 2 is 2.05 bits per heavy atom. The molecule has 1 amide bonds. The molecule has 4 heteroatoms. The van der Waals surface area contributed by atoms with Gasteiger partial charge in [0.25, 0.3) is 5.91 Å². The van der Waals surface area contributed by atoms with Gasteiger partial charge in [0.1, 0.15) is 0 Å². The molecule has 2 saturated heterocycles. The van der Waals surface area contributed by atoms with Crippen LogP contribution >= 0.6 is 0 Å². The molecule has 2 aliphatic heterocycles. The Hall–Kier alpha value is -1.81. The zero-order valence-electron chi connectivity index (χ0n) is 11.4. The number of rotatable bonds is 2. The first-order chi connectivity index (χ1) is 9.78. The number of nitrogens with zero attached hydrogens (tertiary/aromatic N) is 1. The van der Waals surface area contributed by atoms with E-state index in [-0.39, 0.29) is 5.91 Å². The molecule has 4 nitrogen and oxygen atoms in total. The monoisotopic (exact) mass is 269 g/mol. The van der Waals surface area contributed by atoms with Gasteiger partial charge in [0, 0.05) is 36.0 Å². The maximum absolute atomic E-state index is 12.4. The zero-order valence-corrected chi connectivity index (χ0v) is 11.4. The lowest BCUT2D eigenvalue weighted by Gasteiger charge is -2.29. The van der Waals surface area contributed by atoms with Crippen LogP contribution in [-0.2, 0) is 0 Å². The molecule has 4 rings (SSSR count). The van der Waals surface area contributed by atoms with E-state index in [1.54, 1.807) is 0 Å². The zero-order chi connectivity index (χ0) is 13.5. The summed E-state index contributed by atoms with van der Waals surface area (Å²) in [5.41, 5.74) is 1.81. The van der Waals surface area contributed by atoms with E-state index in [4.69, 9.17) is 0 Å². The molecule has 3 atom stereocenters. The summed E-state index contributed by atoms with van der Waals surface area (Å²) in [6.45, 7) is 0. The molecule has 0 saturated carbocycles. The van der Waals surface area contributed by atoms with Crippen molar-refractivity contribution in [2.45, 2.75) is 43.8 Å². The Balaban J connectivity index is 1.49. The van der Waals surface area contributed by atoms with Crippen molar-refractivity contribution in [2.75, 3.05) is 0 Å². The van der Waals surface area contributed by atoms with Crippen molar-refractivity contribution >= 4 is 11.4 Å². The first-order valence-electron chi connectivity index (χ1n) is 7.41. The summed E-state index contributed by atoms with van der Waals surface area (Å²) in [4.78, 5) is 12.4. The van der Waals surface area contributed by atoms with Crippen LogP contribution in [0.1, 0.15) is 36.0 Å². The summed E-state index contributed by atoms with van der Waals surface area (Å²) >= 11 is 0. The number of hydrogen-bond acceptors (Lipinski definition) is 2. The Labute approximate surface area is 118 Å². The van der Waals surface area contributed by atoms with Gasteiger partial charge in [-0.05, 0) is 43.9 Å². The summed E-state index contributed by atoms with van der Waals surface area (Å²) in [6.07, 6.45) is 8.52. The van der Waals surface area contributed by atoms with Gasteiger partial charge in [0.05, 0.1) is 5.56 Å². The van der Waals surface area contributed by atoms with Gasteiger partial charge in [-0.15, -0.1) is 0 Å². The van der Waals surface area contributed by atoms with Crippen LogP contribution in [0, 0.1) is 0 Å². The Kier molecular flexibility index (Phi) is 2.77. The first-order valence-corrected chi connectivity index (χ1v) is 7.41. The minimum Gasteiger partial charge on any atom is -0.349 e. The van der Waals surface area contributed by atoms with Crippen molar-refractivity contribution in [2.24, 2.45) is 0 Å². The fraction of sp³-hybridized carbons (Fsp3) is 0.438. The third-order valence-electron chi connectivity index (χ3n) is 4.57. The average molecular weight is 269 g/mol. The highest BCUT2D eigenvalue weighted by Crippen LogP contribution is 2.27. The summed E-state index contributed by atoms with van der Waals surface area (Å²) in [5.74, 6) is 0.0556. The second-order valence-corrected chi connectivity index (χ2v) is 6.04. The SMILES string of the molecule is O=C(NC1C[C@H]2CC[C@@H](C1)N2)c1cc2ccccn2c1. The minimum absolute atomic E-state index is 0.0556. The van der Waals surface area contributed by atoms with E-state index in [0.29, 0.717) is 18.1 Å². The number of pyridine rings is 1. The highest BCUT2D eigenvalue weighted by atomic mass is 16.1. The van der Waals surface area contributed by atoms with Crippen LogP contribution in [0.4, 0.5) is 0 Å². The topological polar surface area (TPSA) is 45.5 Å². The molecule has 20 heavy (non-hydrogen) atoms. The number of nitrogens with one attached hydrogen (secondary N) is 2. The van der Waals surface area contributed by atoms with E-state index >= 15 is 0 Å². The number of amides is 1. The lowest BCUT2D eigenvalue weighted by molar-refractivity contribution is 0.0924. The van der Waals surface area contributed by atoms with E-state index in [1.165, 1.54) is 12.8 Å². The van der Waals surface area contributed by atoms with Crippen molar-refractivity contribution in [3.8, 4) is 0 Å². The predicted molar refractivity (Wildman–Crippen MR) is 77.8 cm³/mol. The van der Waals surface area contributed by atoms with Crippen LogP contribution in [0.15, 0.2) is 36.7 Å². The summed E-state index contributed by atoms with van der Waals surface area (Å²) < 4.78 is 1.99. The molecule has 0 spiro atoms. The van der Waals surface area contributed by atoms with Gasteiger partial charge < -0.3 is 15.0 Å². The molecule has 0 aromatic carbocycles. The third kappa shape index (κ3) is 2.10. The molecule has 2 aromatic rings. The number of hydrogen-bond donors (Lipinski definition) is 2. The number of carbonyl (C=O) groups is 1. The molecule has 2 aliphatic rings. The van der Waals surface area contributed by atoms with Crippen LogP contribution in [0.2, 0.25) is 0 Å². The maximum atomic E-state index is 12.4. The normalized spacial score (nSPS) is 28.7. The molecule has 4 heterocycles. The van der Waals surface area contributed by atoms with Crippen LogP contribution in [-0.4, -0.2) is 28.4 Å². The predicted octanol–water partition coefficient (Wildman–Crippen LogP) is 1.95. The van der Waals surface area contributed by atoms with Crippen molar-refractivity contribution in [3.63, 3.8) is 0 Å². The smallest absolute Gasteiger partial charge is 0.253 e. The fourth-order valence-corrected chi connectivity index (χ4v) is 3.62. The second kappa shape index (κ2) is 4.63. The van der Waals surface area contributed by atoms with Gasteiger partial charge >= 0.3 is 0 Å². The highest BCUT2D eigenvalue weighted by molar-refractivity contribution is 5.95. The molecule has 2 aromatic heterocycles. The van der Waals surface area contributed by atoms with Gasteiger partial charge in [-0.1, -0.05) is 6.07 Å². The molecular weight excluding hydrogens is 250 g/mol. The summed E-state index contributed by atoms with van der Waals surface area (Å²) in [5, 5.41) is 6.80. The molecule has 0 aliphatic carbocycles. The van der Waals surface area contributed by atoms with Crippen molar-refractivity contribution in [1.29, 1.82) is 0 Å².